The number of hydrogen-bond acceptors (Lipinski definition) is 4. The predicted molar refractivity (Wildman–Crippen MR) is 88.9 cm³/mol. The van der Waals surface area contributed by atoms with Gasteiger partial charge in [0, 0.05) is 41.9 Å². The first kappa shape index (κ1) is 15.6. The molecule has 3 rings (SSSR count). The molecule has 1 unspecified atom stereocenters. The largest absolute Gasteiger partial charge is 0.373 e. The fourth-order valence-electron chi connectivity index (χ4n) is 2.70. The minimum Gasteiger partial charge on any atom is -0.373 e. The molecule has 1 aromatic heterocycles. The van der Waals surface area contributed by atoms with Crippen LogP contribution in [0.5, 0.6) is 0 Å². The number of anilines is 1. The van der Waals surface area contributed by atoms with Crippen LogP contribution in [0, 0.1) is 6.92 Å². The van der Waals surface area contributed by atoms with Crippen LogP contribution < -0.4 is 16.2 Å². The summed E-state index contributed by atoms with van der Waals surface area (Å²) in [5, 5.41) is 6.73. The van der Waals surface area contributed by atoms with Crippen molar-refractivity contribution in [1.29, 1.82) is 0 Å². The highest BCUT2D eigenvalue weighted by atomic mass is 35.5. The second-order valence-electron chi connectivity index (χ2n) is 5.57. The van der Waals surface area contributed by atoms with E-state index in [1.165, 1.54) is 6.07 Å². The lowest BCUT2D eigenvalue weighted by Gasteiger charge is -2.11. The first-order valence-corrected chi connectivity index (χ1v) is 7.78. The number of halogens is 1. The summed E-state index contributed by atoms with van der Waals surface area (Å²) in [6, 6.07) is 6.71. The lowest BCUT2D eigenvalue weighted by atomic mass is 10.1. The Morgan fingerprint density at radius 3 is 3.04 bits per heavy atom. The van der Waals surface area contributed by atoms with E-state index < -0.39 is 0 Å². The predicted octanol–water partition coefficient (Wildman–Crippen LogP) is 1.43. The number of benzene rings is 1. The van der Waals surface area contributed by atoms with Crippen molar-refractivity contribution in [3.63, 3.8) is 0 Å². The Kier molecular flexibility index (Phi) is 4.34. The van der Waals surface area contributed by atoms with E-state index in [1.54, 1.807) is 13.0 Å². The maximum atomic E-state index is 12.2. The van der Waals surface area contributed by atoms with E-state index in [0.29, 0.717) is 35.9 Å². The third kappa shape index (κ3) is 3.71. The molecule has 0 bridgehead atoms. The van der Waals surface area contributed by atoms with E-state index in [2.05, 4.69) is 20.6 Å². The number of fused-ring (bicyclic) bond motifs is 1. The summed E-state index contributed by atoms with van der Waals surface area (Å²) in [6.07, 6.45) is 1.13. The Morgan fingerprint density at radius 1 is 1.43 bits per heavy atom. The summed E-state index contributed by atoms with van der Waals surface area (Å²) in [5.41, 5.74) is 2.48. The maximum Gasteiger partial charge on any atom is 0.251 e. The molecular weight excluding hydrogens is 316 g/mol. The molecule has 120 valence electrons. The molecule has 3 N–H and O–H groups in total. The van der Waals surface area contributed by atoms with Gasteiger partial charge in [-0.2, -0.15) is 0 Å². The molecule has 0 aliphatic carbocycles. The average Bonchev–Trinajstić information content (AvgIpc) is 2.89. The van der Waals surface area contributed by atoms with E-state index in [1.807, 2.05) is 12.1 Å². The zero-order valence-electron chi connectivity index (χ0n) is 12.6. The molecule has 0 radical (unpaired) electrons. The highest BCUT2D eigenvalue weighted by Crippen LogP contribution is 2.28. The molecule has 1 aromatic carbocycles. The van der Waals surface area contributed by atoms with Gasteiger partial charge in [-0.25, -0.2) is 4.98 Å². The number of hydrogen-bond donors (Lipinski definition) is 3. The molecule has 0 spiro atoms. The Hall–Kier alpha value is -2.34. The first-order chi connectivity index (χ1) is 11.0. The zero-order chi connectivity index (χ0) is 16.4. The fraction of sp³-hybridized carbons (Fsp3) is 0.312. The van der Waals surface area contributed by atoms with Gasteiger partial charge in [-0.1, -0.05) is 11.6 Å². The van der Waals surface area contributed by atoms with Gasteiger partial charge in [-0.15, -0.1) is 0 Å². The molecule has 1 atom stereocenters. The fourth-order valence-corrected chi connectivity index (χ4v) is 2.89. The van der Waals surface area contributed by atoms with E-state index in [0.717, 1.165) is 11.3 Å². The summed E-state index contributed by atoms with van der Waals surface area (Å²) < 4.78 is 0. The first-order valence-electron chi connectivity index (χ1n) is 7.41. The number of nitrogens with zero attached hydrogens (tertiary/aromatic N) is 1. The van der Waals surface area contributed by atoms with Crippen molar-refractivity contribution < 1.29 is 4.79 Å². The Bertz CT molecular complexity index is 803. The van der Waals surface area contributed by atoms with Crippen LogP contribution in [0.1, 0.15) is 17.1 Å². The Morgan fingerprint density at radius 2 is 2.26 bits per heavy atom. The number of nitrogens with one attached hydrogen (secondary N) is 3. The van der Waals surface area contributed by atoms with Crippen molar-refractivity contribution in [3.8, 4) is 0 Å². The number of carbonyl (C=O) groups excluding carboxylic acids is 1. The summed E-state index contributed by atoms with van der Waals surface area (Å²) in [4.78, 5) is 30.4. The minimum absolute atomic E-state index is 0.0705. The quantitative estimate of drug-likeness (QED) is 0.790. The van der Waals surface area contributed by atoms with Crippen molar-refractivity contribution >= 4 is 23.2 Å². The van der Waals surface area contributed by atoms with Gasteiger partial charge in [-0.3, -0.25) is 9.59 Å². The van der Waals surface area contributed by atoms with Gasteiger partial charge in [0.25, 0.3) is 5.56 Å². The lowest BCUT2D eigenvalue weighted by Crippen LogP contribution is -2.39. The highest BCUT2D eigenvalue weighted by Gasteiger charge is 2.26. The lowest BCUT2D eigenvalue weighted by molar-refractivity contribution is -0.121. The summed E-state index contributed by atoms with van der Waals surface area (Å²) in [6.45, 7) is 2.16. The number of carbonyl (C=O) groups is 1. The van der Waals surface area contributed by atoms with Gasteiger partial charge in [0.15, 0.2) is 0 Å². The number of amides is 1. The second-order valence-corrected chi connectivity index (χ2v) is 6.00. The smallest absolute Gasteiger partial charge is 0.251 e. The van der Waals surface area contributed by atoms with Crippen LogP contribution >= 0.6 is 11.6 Å². The van der Waals surface area contributed by atoms with Crippen LogP contribution in [0.2, 0.25) is 5.02 Å². The van der Waals surface area contributed by atoms with E-state index in [4.69, 9.17) is 11.6 Å². The molecule has 1 aliphatic rings. The minimum atomic E-state index is -0.294. The number of aromatic amines is 1. The van der Waals surface area contributed by atoms with Crippen molar-refractivity contribution in [2.45, 2.75) is 25.8 Å². The molecule has 0 fully saturated rings. The highest BCUT2D eigenvalue weighted by molar-refractivity contribution is 6.30. The van der Waals surface area contributed by atoms with Gasteiger partial charge in [0.1, 0.15) is 11.9 Å². The molecule has 0 saturated heterocycles. The topological polar surface area (TPSA) is 86.9 Å². The van der Waals surface area contributed by atoms with Crippen LogP contribution in [-0.4, -0.2) is 28.5 Å². The number of aromatic nitrogens is 2. The molecule has 7 heteroatoms. The SMILES string of the molecule is Cc1nc(CCNC(=O)C2Cc3cc(Cl)ccc3N2)cc(=O)[nH]1. The van der Waals surface area contributed by atoms with Gasteiger partial charge in [0.2, 0.25) is 5.91 Å². The van der Waals surface area contributed by atoms with Gasteiger partial charge in [0.05, 0.1) is 0 Å². The van der Waals surface area contributed by atoms with Crippen LogP contribution in [-0.2, 0) is 17.6 Å². The summed E-state index contributed by atoms with van der Waals surface area (Å²) in [5.74, 6) is 0.502. The number of H-pyrrole nitrogens is 1. The molecule has 0 saturated carbocycles. The molecule has 1 aliphatic heterocycles. The zero-order valence-corrected chi connectivity index (χ0v) is 13.4. The summed E-state index contributed by atoms with van der Waals surface area (Å²) >= 11 is 5.96. The normalized spacial score (nSPS) is 15.8. The van der Waals surface area contributed by atoms with Crippen molar-refractivity contribution in [2.75, 3.05) is 11.9 Å². The monoisotopic (exact) mass is 332 g/mol. The molecule has 23 heavy (non-hydrogen) atoms. The number of aryl methyl sites for hydroxylation is 1. The molecule has 2 heterocycles. The van der Waals surface area contributed by atoms with Crippen LogP contribution in [0.15, 0.2) is 29.1 Å². The van der Waals surface area contributed by atoms with Crippen molar-refractivity contribution in [3.05, 3.63) is 56.7 Å². The molecular formula is C16H17ClN4O2. The van der Waals surface area contributed by atoms with Crippen molar-refractivity contribution in [1.82, 2.24) is 15.3 Å². The van der Waals surface area contributed by atoms with Crippen LogP contribution in [0.4, 0.5) is 5.69 Å². The Labute approximate surface area is 138 Å². The third-order valence-corrected chi connectivity index (χ3v) is 3.97. The maximum absolute atomic E-state index is 12.2. The van der Waals surface area contributed by atoms with E-state index in [-0.39, 0.29) is 17.5 Å². The number of rotatable bonds is 4. The van der Waals surface area contributed by atoms with Gasteiger partial charge < -0.3 is 15.6 Å². The second kappa shape index (κ2) is 6.42. The third-order valence-electron chi connectivity index (χ3n) is 3.73. The van der Waals surface area contributed by atoms with Crippen molar-refractivity contribution in [2.24, 2.45) is 0 Å². The van der Waals surface area contributed by atoms with Crippen LogP contribution in [0.25, 0.3) is 0 Å². The van der Waals surface area contributed by atoms with Gasteiger partial charge >= 0.3 is 0 Å². The standard InChI is InChI=1S/C16H17ClN4O2/c1-9-19-12(8-15(22)20-9)4-5-18-16(23)14-7-10-6-11(17)2-3-13(10)21-14/h2-3,6,8,14,21H,4-5,7H2,1H3,(H,18,23)(H,19,20,22). The molecule has 2 aromatic rings. The van der Waals surface area contributed by atoms with E-state index >= 15 is 0 Å². The Balaban J connectivity index is 1.54. The van der Waals surface area contributed by atoms with E-state index in [9.17, 15) is 9.59 Å². The average molecular weight is 333 g/mol. The van der Waals surface area contributed by atoms with Crippen LogP contribution in [0.3, 0.4) is 0 Å². The summed E-state index contributed by atoms with van der Waals surface area (Å²) in [7, 11) is 0. The molecule has 1 amide bonds. The molecule has 6 nitrogen and oxygen atoms in total. The van der Waals surface area contributed by atoms with Gasteiger partial charge in [-0.05, 0) is 30.7 Å².